The molecule has 0 saturated carbocycles. The molecule has 1 aromatic heterocycles. The van der Waals surface area contributed by atoms with E-state index in [2.05, 4.69) is 21.8 Å². The van der Waals surface area contributed by atoms with Crippen molar-refractivity contribution < 1.29 is 9.59 Å². The molecule has 0 bridgehead atoms. The van der Waals surface area contributed by atoms with Crippen molar-refractivity contribution in [3.05, 3.63) is 24.0 Å². The lowest BCUT2D eigenvalue weighted by molar-refractivity contribution is -0.129. The first kappa shape index (κ1) is 16.7. The minimum Gasteiger partial charge on any atom is -0.367 e. The molecule has 0 aliphatic carbocycles. The largest absolute Gasteiger partial charge is 0.367 e. The van der Waals surface area contributed by atoms with Gasteiger partial charge in [-0.2, -0.15) is 0 Å². The number of rotatable bonds is 2. The normalized spacial score (nSPS) is 19.5. The summed E-state index contributed by atoms with van der Waals surface area (Å²) in [6.45, 7) is 7.91. The number of nitrogens with zero attached hydrogens (tertiary/aromatic N) is 5. The van der Waals surface area contributed by atoms with Crippen LogP contribution in [0, 0.1) is 0 Å². The van der Waals surface area contributed by atoms with E-state index in [0.29, 0.717) is 18.7 Å². The first-order chi connectivity index (χ1) is 11.5. The van der Waals surface area contributed by atoms with Gasteiger partial charge in [-0.3, -0.25) is 14.6 Å². The predicted octanol–water partition coefficient (Wildman–Crippen LogP) is 0.138. The van der Waals surface area contributed by atoms with Gasteiger partial charge in [0.05, 0.1) is 17.4 Å². The molecule has 2 amide bonds. The van der Waals surface area contributed by atoms with Gasteiger partial charge in [-0.25, -0.2) is 0 Å². The summed E-state index contributed by atoms with van der Waals surface area (Å²) < 4.78 is 0. The maximum atomic E-state index is 12.7. The molecule has 0 atom stereocenters. The molecule has 2 saturated heterocycles. The van der Waals surface area contributed by atoms with Crippen molar-refractivity contribution in [3.8, 4) is 0 Å². The van der Waals surface area contributed by atoms with Crippen LogP contribution in [0.3, 0.4) is 0 Å². The highest BCUT2D eigenvalue weighted by Gasteiger charge is 2.23. The van der Waals surface area contributed by atoms with E-state index in [-0.39, 0.29) is 11.8 Å². The van der Waals surface area contributed by atoms with Crippen LogP contribution in [0.1, 0.15) is 17.3 Å². The van der Waals surface area contributed by atoms with Crippen LogP contribution in [0.15, 0.2) is 18.5 Å². The number of anilines is 1. The molecule has 130 valence electrons. The lowest BCUT2D eigenvalue weighted by Gasteiger charge is -2.36. The van der Waals surface area contributed by atoms with Crippen molar-refractivity contribution in [1.29, 1.82) is 0 Å². The van der Waals surface area contributed by atoms with Gasteiger partial charge in [-0.15, -0.1) is 0 Å². The SMILES string of the molecule is CC(=O)N1CCN(c2cncc(C(=O)N3CCN(C)CC3)c2)CC1. The molecule has 2 fully saturated rings. The average Bonchev–Trinajstić information content (AvgIpc) is 2.62. The smallest absolute Gasteiger partial charge is 0.255 e. The van der Waals surface area contributed by atoms with Crippen LogP contribution in [-0.4, -0.2) is 90.9 Å². The summed E-state index contributed by atoms with van der Waals surface area (Å²) in [4.78, 5) is 36.5. The Hall–Kier alpha value is -2.15. The summed E-state index contributed by atoms with van der Waals surface area (Å²) in [5.41, 5.74) is 1.60. The quantitative estimate of drug-likeness (QED) is 0.771. The monoisotopic (exact) mass is 331 g/mol. The highest BCUT2D eigenvalue weighted by atomic mass is 16.2. The predicted molar refractivity (Wildman–Crippen MR) is 92.1 cm³/mol. The van der Waals surface area contributed by atoms with Gasteiger partial charge in [0.15, 0.2) is 0 Å². The summed E-state index contributed by atoms with van der Waals surface area (Å²) in [5, 5.41) is 0. The number of pyridine rings is 1. The van der Waals surface area contributed by atoms with E-state index in [9.17, 15) is 9.59 Å². The van der Waals surface area contributed by atoms with Crippen LogP contribution in [-0.2, 0) is 4.79 Å². The van der Waals surface area contributed by atoms with Gasteiger partial charge < -0.3 is 19.6 Å². The number of carbonyl (C=O) groups excluding carboxylic acids is 2. The summed E-state index contributed by atoms with van der Waals surface area (Å²) in [5.74, 6) is 0.173. The second kappa shape index (κ2) is 7.17. The fourth-order valence-corrected chi connectivity index (χ4v) is 3.19. The van der Waals surface area contributed by atoms with E-state index < -0.39 is 0 Å². The Morgan fingerprint density at radius 3 is 2.17 bits per heavy atom. The summed E-state index contributed by atoms with van der Waals surface area (Å²) in [7, 11) is 2.07. The molecule has 0 unspecified atom stereocenters. The van der Waals surface area contributed by atoms with E-state index in [1.165, 1.54) is 0 Å². The zero-order valence-electron chi connectivity index (χ0n) is 14.4. The standard InChI is InChI=1S/C17H25N5O2/c1-14(23)20-7-9-21(10-8-20)16-11-15(12-18-13-16)17(24)22-5-3-19(2)4-6-22/h11-13H,3-10H2,1-2H3. The molecule has 3 heterocycles. The van der Waals surface area contributed by atoms with Crippen LogP contribution >= 0.6 is 0 Å². The van der Waals surface area contributed by atoms with Crippen molar-refractivity contribution >= 4 is 17.5 Å². The zero-order valence-corrected chi connectivity index (χ0v) is 14.4. The molecule has 2 aliphatic rings. The number of aromatic nitrogens is 1. The number of likely N-dealkylation sites (N-methyl/N-ethyl adjacent to an activating group) is 1. The van der Waals surface area contributed by atoms with E-state index in [1.807, 2.05) is 15.9 Å². The fourth-order valence-electron chi connectivity index (χ4n) is 3.19. The lowest BCUT2D eigenvalue weighted by atomic mass is 10.2. The Kier molecular flexibility index (Phi) is 4.99. The van der Waals surface area contributed by atoms with Crippen LogP contribution < -0.4 is 4.90 Å². The second-order valence-electron chi connectivity index (χ2n) is 6.52. The topological polar surface area (TPSA) is 60.0 Å². The Balaban J connectivity index is 1.66. The third-order valence-electron chi connectivity index (χ3n) is 4.85. The van der Waals surface area contributed by atoms with Crippen LogP contribution in [0.4, 0.5) is 5.69 Å². The van der Waals surface area contributed by atoms with Gasteiger partial charge in [-0.05, 0) is 13.1 Å². The lowest BCUT2D eigenvalue weighted by Crippen LogP contribution is -2.48. The third kappa shape index (κ3) is 3.67. The Morgan fingerprint density at radius 2 is 1.54 bits per heavy atom. The second-order valence-corrected chi connectivity index (χ2v) is 6.52. The van der Waals surface area contributed by atoms with E-state index in [4.69, 9.17) is 0 Å². The first-order valence-corrected chi connectivity index (χ1v) is 8.48. The van der Waals surface area contributed by atoms with E-state index in [1.54, 1.807) is 19.3 Å². The van der Waals surface area contributed by atoms with Gasteiger partial charge in [-0.1, -0.05) is 0 Å². The van der Waals surface area contributed by atoms with E-state index in [0.717, 1.165) is 45.0 Å². The fraction of sp³-hybridized carbons (Fsp3) is 0.588. The molecule has 7 nitrogen and oxygen atoms in total. The van der Waals surface area contributed by atoms with Gasteiger partial charge in [0.25, 0.3) is 5.91 Å². The minimum absolute atomic E-state index is 0.0554. The maximum Gasteiger partial charge on any atom is 0.255 e. The van der Waals surface area contributed by atoms with Crippen molar-refractivity contribution in [2.75, 3.05) is 64.3 Å². The van der Waals surface area contributed by atoms with Gasteiger partial charge >= 0.3 is 0 Å². The van der Waals surface area contributed by atoms with Crippen molar-refractivity contribution in [2.24, 2.45) is 0 Å². The highest BCUT2D eigenvalue weighted by molar-refractivity contribution is 5.94. The molecule has 1 aromatic rings. The highest BCUT2D eigenvalue weighted by Crippen LogP contribution is 2.18. The molecule has 0 radical (unpaired) electrons. The minimum atomic E-state index is 0.0554. The summed E-state index contributed by atoms with van der Waals surface area (Å²) in [6.07, 6.45) is 3.44. The molecular formula is C17H25N5O2. The van der Waals surface area contributed by atoms with Crippen LogP contribution in [0.25, 0.3) is 0 Å². The van der Waals surface area contributed by atoms with Crippen molar-refractivity contribution in [1.82, 2.24) is 19.7 Å². The zero-order chi connectivity index (χ0) is 17.1. The van der Waals surface area contributed by atoms with Gasteiger partial charge in [0.2, 0.25) is 5.91 Å². The molecule has 0 spiro atoms. The molecule has 0 N–H and O–H groups in total. The molecule has 24 heavy (non-hydrogen) atoms. The third-order valence-corrected chi connectivity index (χ3v) is 4.85. The number of carbonyl (C=O) groups is 2. The first-order valence-electron chi connectivity index (χ1n) is 8.48. The maximum absolute atomic E-state index is 12.7. The molecule has 7 heteroatoms. The Bertz CT molecular complexity index is 605. The number of piperazine rings is 2. The van der Waals surface area contributed by atoms with Crippen LogP contribution in [0.2, 0.25) is 0 Å². The molecule has 0 aromatic carbocycles. The van der Waals surface area contributed by atoms with Crippen molar-refractivity contribution in [3.63, 3.8) is 0 Å². The summed E-state index contributed by atoms with van der Waals surface area (Å²) in [6, 6.07) is 1.93. The molecule has 2 aliphatic heterocycles. The number of hydrogen-bond acceptors (Lipinski definition) is 5. The number of hydrogen-bond donors (Lipinski definition) is 0. The Labute approximate surface area is 142 Å². The summed E-state index contributed by atoms with van der Waals surface area (Å²) >= 11 is 0. The number of amides is 2. The van der Waals surface area contributed by atoms with Crippen LogP contribution in [0.5, 0.6) is 0 Å². The van der Waals surface area contributed by atoms with Crippen molar-refractivity contribution in [2.45, 2.75) is 6.92 Å². The Morgan fingerprint density at radius 1 is 0.917 bits per heavy atom. The van der Waals surface area contributed by atoms with E-state index >= 15 is 0 Å². The molecular weight excluding hydrogens is 306 g/mol. The van der Waals surface area contributed by atoms with Gasteiger partial charge in [0, 0.05) is 65.5 Å². The average molecular weight is 331 g/mol. The molecule has 3 rings (SSSR count). The van der Waals surface area contributed by atoms with Gasteiger partial charge in [0.1, 0.15) is 0 Å².